The van der Waals surface area contributed by atoms with Gasteiger partial charge in [0.15, 0.2) is 0 Å². The van der Waals surface area contributed by atoms with Gasteiger partial charge in [-0.1, -0.05) is 17.7 Å². The summed E-state index contributed by atoms with van der Waals surface area (Å²) in [5, 5.41) is 0.758. The summed E-state index contributed by atoms with van der Waals surface area (Å²) in [5.74, 6) is -5.30. The molecule has 3 aromatic rings. The fourth-order valence-electron chi connectivity index (χ4n) is 6.21. The first kappa shape index (κ1) is 29.3. The number of carbonyl (C=O) groups excluding carboxylic acids is 1. The van der Waals surface area contributed by atoms with Crippen LogP contribution in [-0.4, -0.2) is 72.7 Å². The Bertz CT molecular complexity index is 1460. The van der Waals surface area contributed by atoms with Gasteiger partial charge in [0.25, 0.3) is 5.92 Å². The summed E-state index contributed by atoms with van der Waals surface area (Å²) in [4.78, 5) is 18.8. The Hall–Kier alpha value is -3.24. The van der Waals surface area contributed by atoms with E-state index in [1.165, 1.54) is 24.1 Å². The van der Waals surface area contributed by atoms with Crippen LogP contribution >= 0.6 is 0 Å². The molecule has 5 rings (SSSR count). The number of esters is 1. The first-order chi connectivity index (χ1) is 19.5. The highest BCUT2D eigenvalue weighted by Crippen LogP contribution is 2.43. The monoisotopic (exact) mass is 575 g/mol. The lowest BCUT2D eigenvalue weighted by atomic mass is 9.87. The molecule has 1 N–H and O–H groups in total. The van der Waals surface area contributed by atoms with Crippen LogP contribution in [0.25, 0.3) is 17.0 Å². The third-order valence-corrected chi connectivity index (χ3v) is 8.02. The standard InChI is InChI=1S/C31H34F5N3O2/c1-18-11-23-22-6-5-21(30(40)41-3)15-26(22)37-28(23)29(39(18)17-31(2,35)36)27-24(33)13-20(14-25(27)34)12-19-7-10-38(16-19)9-4-8-32/h5-6,12-15,18,29,37H,4,7-11,16-17H2,1-3H3/b19-12-/t18-,29-/m1/s1. The van der Waals surface area contributed by atoms with Crippen molar-refractivity contribution in [3.63, 3.8) is 0 Å². The molecule has 0 saturated carbocycles. The Balaban J connectivity index is 1.58. The van der Waals surface area contributed by atoms with E-state index in [0.29, 0.717) is 48.3 Å². The number of fused-ring (bicyclic) bond motifs is 3. The van der Waals surface area contributed by atoms with Gasteiger partial charge >= 0.3 is 5.97 Å². The van der Waals surface area contributed by atoms with Gasteiger partial charge in [-0.05, 0) is 61.6 Å². The number of hydrogen-bond acceptors (Lipinski definition) is 4. The lowest BCUT2D eigenvalue weighted by Gasteiger charge is -2.42. The van der Waals surface area contributed by atoms with Gasteiger partial charge in [0, 0.05) is 54.8 Å². The van der Waals surface area contributed by atoms with E-state index in [1.807, 2.05) is 0 Å². The lowest BCUT2D eigenvalue weighted by Crippen LogP contribution is -2.47. The van der Waals surface area contributed by atoms with Crippen molar-refractivity contribution in [2.45, 2.75) is 51.1 Å². The summed E-state index contributed by atoms with van der Waals surface area (Å²) in [7, 11) is 1.27. The van der Waals surface area contributed by atoms with E-state index in [2.05, 4.69) is 9.88 Å². The van der Waals surface area contributed by atoms with Crippen LogP contribution in [-0.2, 0) is 11.2 Å². The van der Waals surface area contributed by atoms with E-state index in [-0.39, 0.29) is 5.56 Å². The molecule has 0 amide bonds. The van der Waals surface area contributed by atoms with E-state index in [1.54, 1.807) is 31.2 Å². The summed E-state index contributed by atoms with van der Waals surface area (Å²) in [6.45, 7) is 3.47. The molecular formula is C31H34F5N3O2. The largest absolute Gasteiger partial charge is 0.465 e. The summed E-state index contributed by atoms with van der Waals surface area (Å²) in [6.07, 6.45) is 3.29. The maximum atomic E-state index is 15.9. The first-order valence-electron chi connectivity index (χ1n) is 13.8. The fraction of sp³-hybridized carbons (Fsp3) is 0.452. The molecule has 0 radical (unpaired) electrons. The highest BCUT2D eigenvalue weighted by Gasteiger charge is 2.42. The zero-order valence-corrected chi connectivity index (χ0v) is 23.4. The first-order valence-corrected chi connectivity index (χ1v) is 13.8. The van der Waals surface area contributed by atoms with E-state index in [4.69, 9.17) is 4.74 Å². The normalized spacial score (nSPS) is 21.1. The van der Waals surface area contributed by atoms with Crippen LogP contribution in [0.15, 0.2) is 35.9 Å². The molecule has 220 valence electrons. The number of methoxy groups -OCH3 is 1. The summed E-state index contributed by atoms with van der Waals surface area (Å²) >= 11 is 0. The van der Waals surface area contributed by atoms with Crippen LogP contribution < -0.4 is 0 Å². The van der Waals surface area contributed by atoms with Gasteiger partial charge in [0.1, 0.15) is 11.6 Å². The topological polar surface area (TPSA) is 48.6 Å². The molecule has 2 aliphatic heterocycles. The van der Waals surface area contributed by atoms with Gasteiger partial charge < -0.3 is 9.72 Å². The quantitative estimate of drug-likeness (QED) is 0.241. The molecule has 2 aromatic carbocycles. The minimum Gasteiger partial charge on any atom is -0.465 e. The number of halogens is 5. The van der Waals surface area contributed by atoms with Crippen molar-refractivity contribution < 1.29 is 31.5 Å². The minimum absolute atomic E-state index is 0.296. The van der Waals surface area contributed by atoms with Crippen LogP contribution in [0.4, 0.5) is 22.0 Å². The maximum absolute atomic E-state index is 15.9. The number of benzene rings is 2. The number of carbonyl (C=O) groups is 1. The van der Waals surface area contributed by atoms with E-state index >= 15 is 8.78 Å². The molecule has 1 fully saturated rings. The average Bonchev–Trinajstić information content (AvgIpc) is 3.51. The van der Waals surface area contributed by atoms with Crippen LogP contribution in [0.1, 0.15) is 65.5 Å². The molecule has 0 aliphatic carbocycles. The SMILES string of the molecule is COC(=O)c1ccc2c3c([nH]c2c1)[C@@H](c1c(F)cc(/C=C2/CCN(CCCF)C2)cc1F)N(CC(C)(F)F)[C@H](C)C3. The highest BCUT2D eigenvalue weighted by molar-refractivity contribution is 5.96. The number of nitrogens with one attached hydrogen (secondary N) is 1. The van der Waals surface area contributed by atoms with Gasteiger partial charge in [0.05, 0.1) is 31.9 Å². The second-order valence-electron chi connectivity index (χ2n) is 11.2. The maximum Gasteiger partial charge on any atom is 0.337 e. The van der Waals surface area contributed by atoms with Crippen LogP contribution in [0.5, 0.6) is 0 Å². The Morgan fingerprint density at radius 1 is 1.20 bits per heavy atom. The number of likely N-dealkylation sites (tertiary alicyclic amines) is 1. The van der Waals surface area contributed by atoms with Crippen molar-refractivity contribution in [3.8, 4) is 0 Å². The van der Waals surface area contributed by atoms with Crippen LogP contribution in [0.2, 0.25) is 0 Å². The van der Waals surface area contributed by atoms with Gasteiger partial charge in [-0.25, -0.2) is 22.4 Å². The zero-order chi connectivity index (χ0) is 29.5. The Morgan fingerprint density at radius 2 is 1.93 bits per heavy atom. The Morgan fingerprint density at radius 3 is 2.59 bits per heavy atom. The summed E-state index contributed by atoms with van der Waals surface area (Å²) < 4.78 is 78.0. The number of alkyl halides is 3. The molecule has 10 heteroatoms. The Kier molecular flexibility index (Phi) is 8.25. The number of H-pyrrole nitrogens is 1. The van der Waals surface area contributed by atoms with Crippen molar-refractivity contribution >= 4 is 22.9 Å². The number of ether oxygens (including phenoxy) is 1. The number of aromatic amines is 1. The molecular weight excluding hydrogens is 541 g/mol. The van der Waals surface area contributed by atoms with Gasteiger partial charge in [-0.3, -0.25) is 14.2 Å². The molecule has 0 spiro atoms. The summed E-state index contributed by atoms with van der Waals surface area (Å²) in [5.41, 5.74) is 3.09. The molecule has 0 unspecified atom stereocenters. The number of rotatable bonds is 8. The number of aromatic nitrogens is 1. The molecule has 2 atom stereocenters. The molecule has 3 heterocycles. The molecule has 1 saturated heterocycles. The average molecular weight is 576 g/mol. The fourth-order valence-corrected chi connectivity index (χ4v) is 6.21. The molecule has 1 aromatic heterocycles. The van der Waals surface area contributed by atoms with Crippen molar-refractivity contribution in [3.05, 3.63) is 75.5 Å². The van der Waals surface area contributed by atoms with Gasteiger partial charge in [-0.15, -0.1) is 0 Å². The Labute approximate surface area is 236 Å². The van der Waals surface area contributed by atoms with E-state index < -0.39 is 48.8 Å². The van der Waals surface area contributed by atoms with Crippen molar-refractivity contribution in [1.82, 2.24) is 14.8 Å². The predicted octanol–water partition coefficient (Wildman–Crippen LogP) is 6.67. The van der Waals surface area contributed by atoms with Crippen LogP contribution in [0, 0.1) is 11.6 Å². The second kappa shape index (κ2) is 11.6. The zero-order valence-electron chi connectivity index (χ0n) is 23.4. The summed E-state index contributed by atoms with van der Waals surface area (Å²) in [6, 6.07) is 5.85. The lowest BCUT2D eigenvalue weighted by molar-refractivity contribution is -0.0374. The number of hydrogen-bond donors (Lipinski definition) is 1. The highest BCUT2D eigenvalue weighted by atomic mass is 19.3. The van der Waals surface area contributed by atoms with Crippen molar-refractivity contribution in [1.29, 1.82) is 0 Å². The second-order valence-corrected chi connectivity index (χ2v) is 11.2. The third-order valence-electron chi connectivity index (χ3n) is 8.02. The van der Waals surface area contributed by atoms with Gasteiger partial charge in [0.2, 0.25) is 0 Å². The molecule has 5 nitrogen and oxygen atoms in total. The smallest absolute Gasteiger partial charge is 0.337 e. The van der Waals surface area contributed by atoms with Crippen molar-refractivity contribution in [2.75, 3.05) is 40.0 Å². The predicted molar refractivity (Wildman–Crippen MR) is 148 cm³/mol. The van der Waals surface area contributed by atoms with Gasteiger partial charge in [-0.2, -0.15) is 0 Å². The van der Waals surface area contributed by atoms with Crippen molar-refractivity contribution in [2.24, 2.45) is 0 Å². The van der Waals surface area contributed by atoms with Crippen LogP contribution in [0.3, 0.4) is 0 Å². The molecule has 2 aliphatic rings. The van der Waals surface area contributed by atoms with E-state index in [0.717, 1.165) is 36.4 Å². The third kappa shape index (κ3) is 6.04. The minimum atomic E-state index is -3.11. The molecule has 41 heavy (non-hydrogen) atoms. The van der Waals surface area contributed by atoms with E-state index in [9.17, 15) is 18.0 Å². The molecule has 0 bridgehead atoms. The number of nitrogens with zero attached hydrogens (tertiary/aromatic N) is 2.